The highest BCUT2D eigenvalue weighted by Crippen LogP contribution is 2.38. The standard InChI is InChI=1S/C55H48O8/c56-48-13-5-1-9-38(48)21-34-17-19-52(60)42(23-34)31-44-27-36(25-40-11-3-7-15-50(40)58)29-46(54(44)62)33-47-30-37(26-41-12-4-8-16-51(41)59)28-45(55(47)63)32-43-24-35(18-20-53(43)61)22-39-10-2-6-14-49(39)57/h1-20,23-24,27-30,56-63H,21-22,25-26,31-33H2. The van der Waals surface area contributed by atoms with Crippen LogP contribution in [0.3, 0.4) is 0 Å². The topological polar surface area (TPSA) is 162 Å². The lowest BCUT2D eigenvalue weighted by Gasteiger charge is -2.18. The molecule has 0 bridgehead atoms. The Bertz CT molecular complexity index is 2740. The second kappa shape index (κ2) is 18.4. The number of hydrogen-bond acceptors (Lipinski definition) is 8. The van der Waals surface area contributed by atoms with Crippen molar-refractivity contribution < 1.29 is 40.9 Å². The molecule has 0 atom stereocenters. The van der Waals surface area contributed by atoms with Crippen molar-refractivity contribution >= 4 is 0 Å². The van der Waals surface area contributed by atoms with Crippen molar-refractivity contribution in [1.29, 1.82) is 0 Å². The SMILES string of the molecule is Oc1ccccc1Cc1ccc(O)c(Cc2cc(Cc3ccccc3O)cc(Cc3cc(Cc4ccccc4O)cc(Cc4cc(Cc5ccccc5O)ccc4O)c3O)c2O)c1. The van der Waals surface area contributed by atoms with Crippen LogP contribution in [-0.4, -0.2) is 40.9 Å². The summed E-state index contributed by atoms with van der Waals surface area (Å²) < 4.78 is 0. The Balaban J connectivity index is 1.19. The zero-order chi connectivity index (χ0) is 44.0. The number of rotatable bonds is 14. The molecule has 316 valence electrons. The Morgan fingerprint density at radius 1 is 0.206 bits per heavy atom. The minimum atomic E-state index is -0.0110. The van der Waals surface area contributed by atoms with Crippen LogP contribution in [0.1, 0.15) is 77.9 Å². The predicted octanol–water partition coefficient (Wildman–Crippen LogP) is 10.5. The van der Waals surface area contributed by atoms with E-state index < -0.39 is 0 Å². The van der Waals surface area contributed by atoms with Crippen molar-refractivity contribution in [3.8, 4) is 46.0 Å². The molecular weight excluding hydrogens is 789 g/mol. The van der Waals surface area contributed by atoms with E-state index in [1.54, 1.807) is 72.8 Å². The van der Waals surface area contributed by atoms with Crippen LogP contribution in [0.5, 0.6) is 46.0 Å². The Hall–Kier alpha value is -7.84. The first kappa shape index (κ1) is 41.9. The molecule has 8 N–H and O–H groups in total. The molecule has 0 saturated heterocycles. The number of benzene rings is 8. The molecule has 63 heavy (non-hydrogen) atoms. The van der Waals surface area contributed by atoms with Gasteiger partial charge < -0.3 is 40.9 Å². The van der Waals surface area contributed by atoms with Crippen LogP contribution in [-0.2, 0) is 44.9 Å². The third-order valence-corrected chi connectivity index (χ3v) is 11.6. The summed E-state index contributed by atoms with van der Waals surface area (Å²) in [5.41, 5.74) is 9.39. The monoisotopic (exact) mass is 836 g/mol. The van der Waals surface area contributed by atoms with Gasteiger partial charge >= 0.3 is 0 Å². The summed E-state index contributed by atoms with van der Waals surface area (Å²) in [5, 5.41) is 88.8. The van der Waals surface area contributed by atoms with E-state index in [9.17, 15) is 40.9 Å². The van der Waals surface area contributed by atoms with Gasteiger partial charge in [0.1, 0.15) is 46.0 Å². The maximum Gasteiger partial charge on any atom is 0.122 e. The summed E-state index contributed by atoms with van der Waals surface area (Å²) in [6, 6.07) is 46.4. The average Bonchev–Trinajstić information content (AvgIpc) is 3.26. The third-order valence-electron chi connectivity index (χ3n) is 11.6. The molecule has 0 aliphatic rings. The normalized spacial score (nSPS) is 11.2. The number of phenolic OH excluding ortho intramolecular Hbond substituents is 8. The third kappa shape index (κ3) is 9.87. The maximum absolute atomic E-state index is 12.1. The van der Waals surface area contributed by atoms with Gasteiger partial charge in [0.25, 0.3) is 0 Å². The largest absolute Gasteiger partial charge is 0.508 e. The summed E-state index contributed by atoms with van der Waals surface area (Å²) in [6.07, 6.45) is 1.97. The van der Waals surface area contributed by atoms with E-state index in [1.807, 2.05) is 84.9 Å². The van der Waals surface area contributed by atoms with E-state index in [2.05, 4.69) is 0 Å². The van der Waals surface area contributed by atoms with Crippen molar-refractivity contribution in [2.45, 2.75) is 44.9 Å². The fraction of sp³-hybridized carbons (Fsp3) is 0.127. The summed E-state index contributed by atoms with van der Waals surface area (Å²) >= 11 is 0. The molecule has 8 heteroatoms. The molecule has 8 aromatic rings. The maximum atomic E-state index is 12.1. The molecule has 0 spiro atoms. The van der Waals surface area contributed by atoms with E-state index in [1.165, 1.54) is 0 Å². The van der Waals surface area contributed by atoms with Gasteiger partial charge in [0, 0.05) is 44.9 Å². The molecule has 0 unspecified atom stereocenters. The zero-order valence-electron chi connectivity index (χ0n) is 34.5. The highest BCUT2D eigenvalue weighted by molar-refractivity contribution is 5.56. The van der Waals surface area contributed by atoms with Gasteiger partial charge in [0.15, 0.2) is 0 Å². The Morgan fingerprint density at radius 3 is 0.746 bits per heavy atom. The van der Waals surface area contributed by atoms with Gasteiger partial charge in [-0.2, -0.15) is 0 Å². The Labute approximate surface area is 366 Å². The molecular formula is C55H48O8. The van der Waals surface area contributed by atoms with Gasteiger partial charge in [-0.05, 0) is 114 Å². The van der Waals surface area contributed by atoms with Crippen LogP contribution >= 0.6 is 0 Å². The number of phenols is 8. The fourth-order valence-corrected chi connectivity index (χ4v) is 8.32. The molecule has 0 saturated carbocycles. The second-order valence-corrected chi connectivity index (χ2v) is 16.2. The lowest BCUT2D eigenvalue weighted by Crippen LogP contribution is -2.03. The fourth-order valence-electron chi connectivity index (χ4n) is 8.32. The van der Waals surface area contributed by atoms with Crippen LogP contribution in [0.2, 0.25) is 0 Å². The van der Waals surface area contributed by atoms with E-state index in [0.29, 0.717) is 70.2 Å². The van der Waals surface area contributed by atoms with Crippen molar-refractivity contribution in [1.82, 2.24) is 0 Å². The van der Waals surface area contributed by atoms with E-state index in [0.717, 1.165) is 33.4 Å². The molecule has 0 radical (unpaired) electrons. The van der Waals surface area contributed by atoms with Crippen LogP contribution in [0.25, 0.3) is 0 Å². The Morgan fingerprint density at radius 2 is 0.444 bits per heavy atom. The van der Waals surface area contributed by atoms with Gasteiger partial charge in [-0.3, -0.25) is 0 Å². The molecule has 0 amide bonds. The van der Waals surface area contributed by atoms with E-state index in [-0.39, 0.29) is 65.3 Å². The van der Waals surface area contributed by atoms with Gasteiger partial charge in [-0.15, -0.1) is 0 Å². The first-order valence-corrected chi connectivity index (χ1v) is 20.8. The summed E-state index contributed by atoms with van der Waals surface area (Å²) in [6.45, 7) is 0. The molecule has 0 aromatic heterocycles. The molecule has 0 heterocycles. The predicted molar refractivity (Wildman–Crippen MR) is 244 cm³/mol. The van der Waals surface area contributed by atoms with Crippen molar-refractivity contribution in [3.05, 3.63) is 236 Å². The van der Waals surface area contributed by atoms with E-state index in [4.69, 9.17) is 0 Å². The minimum Gasteiger partial charge on any atom is -0.508 e. The van der Waals surface area contributed by atoms with Crippen molar-refractivity contribution in [3.63, 3.8) is 0 Å². The number of aromatic hydroxyl groups is 8. The zero-order valence-corrected chi connectivity index (χ0v) is 34.5. The average molecular weight is 837 g/mol. The molecule has 8 rings (SSSR count). The second-order valence-electron chi connectivity index (χ2n) is 16.2. The summed E-state index contributed by atoms with van der Waals surface area (Å²) in [5.74, 6) is 0.704. The first-order chi connectivity index (χ1) is 30.5. The minimum absolute atomic E-state index is 0.0110. The molecule has 0 aliphatic heterocycles. The summed E-state index contributed by atoms with van der Waals surface area (Å²) in [7, 11) is 0. The quantitative estimate of drug-likeness (QED) is 0.0537. The molecule has 8 aromatic carbocycles. The number of hydrogen-bond donors (Lipinski definition) is 8. The van der Waals surface area contributed by atoms with Crippen LogP contribution in [0.4, 0.5) is 0 Å². The van der Waals surface area contributed by atoms with Crippen molar-refractivity contribution in [2.24, 2.45) is 0 Å². The van der Waals surface area contributed by atoms with Crippen LogP contribution in [0, 0.1) is 0 Å². The van der Waals surface area contributed by atoms with E-state index >= 15 is 0 Å². The van der Waals surface area contributed by atoms with Gasteiger partial charge in [-0.1, -0.05) is 121 Å². The van der Waals surface area contributed by atoms with Crippen LogP contribution in [0.15, 0.2) is 158 Å². The van der Waals surface area contributed by atoms with Crippen molar-refractivity contribution in [2.75, 3.05) is 0 Å². The highest BCUT2D eigenvalue weighted by atomic mass is 16.3. The molecule has 0 fully saturated rings. The van der Waals surface area contributed by atoms with Gasteiger partial charge in [-0.25, -0.2) is 0 Å². The van der Waals surface area contributed by atoms with Gasteiger partial charge in [0.2, 0.25) is 0 Å². The smallest absolute Gasteiger partial charge is 0.122 e. The number of para-hydroxylation sites is 4. The Kier molecular flexibility index (Phi) is 12.2. The lowest BCUT2D eigenvalue weighted by molar-refractivity contribution is 0.454. The van der Waals surface area contributed by atoms with Gasteiger partial charge in [0.05, 0.1) is 0 Å². The van der Waals surface area contributed by atoms with Crippen LogP contribution < -0.4 is 0 Å². The highest BCUT2D eigenvalue weighted by Gasteiger charge is 2.20. The molecule has 8 nitrogen and oxygen atoms in total. The summed E-state index contributed by atoms with van der Waals surface area (Å²) in [4.78, 5) is 0. The lowest BCUT2D eigenvalue weighted by atomic mass is 9.89. The molecule has 0 aliphatic carbocycles. The first-order valence-electron chi connectivity index (χ1n) is 20.8.